The minimum Gasteiger partial charge on any atom is -0.300 e. The van der Waals surface area contributed by atoms with E-state index >= 15 is 0 Å². The van der Waals surface area contributed by atoms with Crippen LogP contribution in [0, 0.1) is 12.3 Å². The van der Waals surface area contributed by atoms with Crippen LogP contribution < -0.4 is 0 Å². The van der Waals surface area contributed by atoms with Crippen LogP contribution in [0.1, 0.15) is 23.8 Å². The number of alkyl halides is 3. The lowest BCUT2D eigenvalue weighted by Gasteiger charge is -2.10. The Labute approximate surface area is 198 Å². The number of rotatable bonds is 7. The Bertz CT molecular complexity index is 1330. The summed E-state index contributed by atoms with van der Waals surface area (Å²) in [6.07, 6.45) is -4.07. The van der Waals surface area contributed by atoms with Gasteiger partial charge in [0, 0.05) is 27.9 Å². The standard InChI is InChI=1S/C22H19ClF3N3O2S2/c1-3-33(30,31)21-13(2)10-14(12-28-21)18-8-9-19(32-18)17(11-20(27)22(24,25)26)29-16-7-5-4-6-15(16)23/h4-10,12,27H,3,11H2,1-2H3. The van der Waals surface area contributed by atoms with Crippen LogP contribution in [0.25, 0.3) is 10.4 Å². The fourth-order valence-electron chi connectivity index (χ4n) is 2.94. The average Bonchev–Trinajstić information content (AvgIpc) is 3.24. The van der Waals surface area contributed by atoms with E-state index in [1.54, 1.807) is 49.4 Å². The topological polar surface area (TPSA) is 83.2 Å². The molecule has 0 saturated heterocycles. The van der Waals surface area contributed by atoms with Gasteiger partial charge in [-0.05, 0) is 42.8 Å². The van der Waals surface area contributed by atoms with Gasteiger partial charge >= 0.3 is 6.18 Å². The van der Waals surface area contributed by atoms with Crippen molar-refractivity contribution < 1.29 is 21.6 Å². The molecule has 0 atom stereocenters. The normalized spacial score (nSPS) is 12.7. The molecular weight excluding hydrogens is 495 g/mol. The fraction of sp³-hybridized carbons (Fsp3) is 0.227. The second kappa shape index (κ2) is 9.74. The number of nitrogens with zero attached hydrogens (tertiary/aromatic N) is 2. The lowest BCUT2D eigenvalue weighted by atomic mass is 10.1. The smallest absolute Gasteiger partial charge is 0.300 e. The number of aromatic nitrogens is 1. The van der Waals surface area contributed by atoms with Crippen LogP contribution in [-0.4, -0.2) is 36.8 Å². The van der Waals surface area contributed by atoms with Gasteiger partial charge in [-0.2, -0.15) is 13.2 Å². The molecule has 174 valence electrons. The van der Waals surface area contributed by atoms with Crippen molar-refractivity contribution in [1.82, 2.24) is 4.98 Å². The maximum absolute atomic E-state index is 13.1. The largest absolute Gasteiger partial charge is 0.429 e. The molecule has 5 nitrogen and oxygen atoms in total. The van der Waals surface area contributed by atoms with Crippen molar-refractivity contribution in [3.8, 4) is 10.4 Å². The predicted molar refractivity (Wildman–Crippen MR) is 126 cm³/mol. The first-order valence-corrected chi connectivity index (χ1v) is 12.5. The van der Waals surface area contributed by atoms with Gasteiger partial charge < -0.3 is 5.41 Å². The van der Waals surface area contributed by atoms with Crippen molar-refractivity contribution in [2.45, 2.75) is 31.5 Å². The van der Waals surface area contributed by atoms with Crippen LogP contribution in [0.3, 0.4) is 0 Å². The minimum atomic E-state index is -4.77. The molecule has 3 rings (SSSR count). The van der Waals surface area contributed by atoms with Gasteiger partial charge in [-0.3, -0.25) is 4.99 Å². The summed E-state index contributed by atoms with van der Waals surface area (Å²) < 4.78 is 63.5. The maximum atomic E-state index is 13.1. The summed E-state index contributed by atoms with van der Waals surface area (Å²) in [6, 6.07) is 11.5. The monoisotopic (exact) mass is 513 g/mol. The van der Waals surface area contributed by atoms with E-state index < -0.39 is 28.1 Å². The number of halogens is 4. The summed E-state index contributed by atoms with van der Waals surface area (Å²) in [7, 11) is -3.47. The highest BCUT2D eigenvalue weighted by Gasteiger charge is 2.35. The van der Waals surface area contributed by atoms with E-state index in [4.69, 9.17) is 17.0 Å². The molecule has 11 heteroatoms. The first-order chi connectivity index (χ1) is 15.4. The number of hydrogen-bond donors (Lipinski definition) is 1. The zero-order valence-electron chi connectivity index (χ0n) is 17.6. The summed E-state index contributed by atoms with van der Waals surface area (Å²) in [5.41, 5.74) is 0.0343. The molecule has 33 heavy (non-hydrogen) atoms. The van der Waals surface area contributed by atoms with Crippen LogP contribution in [0.5, 0.6) is 0 Å². The lowest BCUT2D eigenvalue weighted by molar-refractivity contribution is -0.0605. The molecule has 3 aromatic rings. The van der Waals surface area contributed by atoms with Crippen LogP contribution in [0.15, 0.2) is 58.7 Å². The van der Waals surface area contributed by atoms with E-state index in [0.717, 1.165) is 0 Å². The molecule has 1 N–H and O–H groups in total. The van der Waals surface area contributed by atoms with Crippen LogP contribution in [0.4, 0.5) is 18.9 Å². The summed E-state index contributed by atoms with van der Waals surface area (Å²) in [4.78, 5) is 9.53. The fourth-order valence-corrected chi connectivity index (χ4v) is 5.13. The van der Waals surface area contributed by atoms with E-state index in [2.05, 4.69) is 9.98 Å². The third kappa shape index (κ3) is 5.87. The minimum absolute atomic E-state index is 0.00475. The molecule has 2 aromatic heterocycles. The van der Waals surface area contributed by atoms with Crippen molar-refractivity contribution in [2.75, 3.05) is 5.75 Å². The van der Waals surface area contributed by atoms with E-state index in [9.17, 15) is 21.6 Å². The highest BCUT2D eigenvalue weighted by atomic mass is 35.5. The molecule has 0 spiro atoms. The molecule has 0 bridgehead atoms. The summed E-state index contributed by atoms with van der Waals surface area (Å²) in [6.45, 7) is 3.18. The van der Waals surface area contributed by atoms with Crippen molar-refractivity contribution >= 4 is 49.9 Å². The Hall–Kier alpha value is -2.56. The van der Waals surface area contributed by atoms with Crippen molar-refractivity contribution in [3.63, 3.8) is 0 Å². The molecule has 1 aromatic carbocycles. The molecule has 0 aliphatic rings. The van der Waals surface area contributed by atoms with E-state index in [0.29, 0.717) is 26.6 Å². The van der Waals surface area contributed by atoms with Gasteiger partial charge in [0.1, 0.15) is 5.71 Å². The zero-order chi connectivity index (χ0) is 24.4. The molecule has 2 heterocycles. The van der Waals surface area contributed by atoms with Gasteiger partial charge in [-0.1, -0.05) is 30.7 Å². The molecule has 0 unspecified atom stereocenters. The predicted octanol–water partition coefficient (Wildman–Crippen LogP) is 6.66. The number of pyridine rings is 1. The van der Waals surface area contributed by atoms with Gasteiger partial charge in [0.15, 0.2) is 14.9 Å². The summed E-state index contributed by atoms with van der Waals surface area (Å²) in [5.74, 6) is -0.0730. The third-order valence-corrected chi connectivity index (χ3v) is 7.95. The molecule has 0 aliphatic carbocycles. The Balaban J connectivity index is 2.03. The van der Waals surface area contributed by atoms with Crippen molar-refractivity contribution in [1.29, 1.82) is 5.41 Å². The van der Waals surface area contributed by atoms with Crippen LogP contribution in [0.2, 0.25) is 5.02 Å². The van der Waals surface area contributed by atoms with Crippen molar-refractivity contribution in [3.05, 3.63) is 64.1 Å². The number of hydrogen-bond acceptors (Lipinski definition) is 6. The van der Waals surface area contributed by atoms with Crippen molar-refractivity contribution in [2.24, 2.45) is 4.99 Å². The molecule has 0 radical (unpaired) electrons. The molecule has 0 saturated carbocycles. The van der Waals surface area contributed by atoms with Gasteiger partial charge in [0.2, 0.25) is 0 Å². The Kier molecular flexibility index (Phi) is 7.40. The molecule has 0 aliphatic heterocycles. The zero-order valence-corrected chi connectivity index (χ0v) is 20.0. The summed E-state index contributed by atoms with van der Waals surface area (Å²) in [5, 5.41) is 7.72. The number of thiophene rings is 1. The maximum Gasteiger partial charge on any atom is 0.429 e. The van der Waals surface area contributed by atoms with Gasteiger partial charge in [0.05, 0.1) is 22.2 Å². The number of benzene rings is 1. The molecule has 0 amide bonds. The highest BCUT2D eigenvalue weighted by Crippen LogP contribution is 2.33. The highest BCUT2D eigenvalue weighted by molar-refractivity contribution is 7.91. The third-order valence-electron chi connectivity index (χ3n) is 4.67. The van der Waals surface area contributed by atoms with Crippen LogP contribution >= 0.6 is 22.9 Å². The number of aryl methyl sites for hydroxylation is 1. The number of nitrogens with one attached hydrogen (secondary N) is 1. The summed E-state index contributed by atoms with van der Waals surface area (Å²) >= 11 is 7.30. The van der Waals surface area contributed by atoms with Gasteiger partial charge in [-0.15, -0.1) is 11.3 Å². The first-order valence-electron chi connectivity index (χ1n) is 9.69. The van der Waals surface area contributed by atoms with Gasteiger partial charge in [0.25, 0.3) is 0 Å². The van der Waals surface area contributed by atoms with E-state index in [-0.39, 0.29) is 21.5 Å². The number of sulfone groups is 1. The first kappa shape index (κ1) is 25.1. The number of para-hydroxylation sites is 1. The number of aliphatic imine (C=N–C) groups is 1. The SMILES string of the molecule is CCS(=O)(=O)c1ncc(-c2ccc(C(CC(=N)C(F)(F)F)=Nc3ccccc3Cl)s2)cc1C. The average molecular weight is 514 g/mol. The molecular formula is C22H19ClF3N3O2S2. The Morgan fingerprint density at radius 3 is 2.52 bits per heavy atom. The second-order valence-electron chi connectivity index (χ2n) is 7.08. The quantitative estimate of drug-likeness (QED) is 0.358. The molecule has 0 fully saturated rings. The van der Waals surface area contributed by atoms with Gasteiger partial charge in [-0.25, -0.2) is 13.4 Å². The van der Waals surface area contributed by atoms with E-state index in [1.807, 2.05) is 0 Å². The Morgan fingerprint density at radius 2 is 1.91 bits per heavy atom. The lowest BCUT2D eigenvalue weighted by Crippen LogP contribution is -2.24. The second-order valence-corrected chi connectivity index (χ2v) is 10.8. The van der Waals surface area contributed by atoms with E-state index in [1.165, 1.54) is 24.5 Å². The van der Waals surface area contributed by atoms with Crippen LogP contribution in [-0.2, 0) is 9.84 Å². The Morgan fingerprint density at radius 1 is 1.21 bits per heavy atom.